The van der Waals surface area contributed by atoms with Gasteiger partial charge in [0.1, 0.15) is 5.60 Å². The Morgan fingerprint density at radius 2 is 2.05 bits per heavy atom. The molecule has 106 valence electrons. The van der Waals surface area contributed by atoms with E-state index in [1.807, 2.05) is 0 Å². The molecule has 0 aliphatic rings. The van der Waals surface area contributed by atoms with Crippen LogP contribution in [0.1, 0.15) is 38.8 Å². The highest BCUT2D eigenvalue weighted by atomic mass is 16.6. The second-order valence-electron chi connectivity index (χ2n) is 5.33. The summed E-state index contributed by atoms with van der Waals surface area (Å²) in [5.74, 6) is 0.00293. The summed E-state index contributed by atoms with van der Waals surface area (Å²) in [7, 11) is 1.47. The number of hydrogen-bond donors (Lipinski definition) is 2. The average molecular weight is 267 g/mol. The van der Waals surface area contributed by atoms with Crippen molar-refractivity contribution in [2.45, 2.75) is 38.8 Å². The van der Waals surface area contributed by atoms with E-state index in [-0.39, 0.29) is 18.1 Å². The zero-order chi connectivity index (χ0) is 14.6. The van der Waals surface area contributed by atoms with Crippen LogP contribution in [0.4, 0.5) is 0 Å². The number of carbonyl (C=O) groups excluding carboxylic acids is 1. The summed E-state index contributed by atoms with van der Waals surface area (Å²) < 4.78 is 10.1. The van der Waals surface area contributed by atoms with Crippen molar-refractivity contribution in [3.63, 3.8) is 0 Å². The minimum Gasteiger partial charge on any atom is -0.504 e. The minimum atomic E-state index is -0.529. The molecule has 0 aromatic heterocycles. The average Bonchev–Trinajstić information content (AvgIpc) is 2.26. The molecular weight excluding hydrogens is 246 g/mol. The molecule has 0 bridgehead atoms. The van der Waals surface area contributed by atoms with Gasteiger partial charge in [-0.3, -0.25) is 4.79 Å². The SMILES string of the molecule is COc1ccc(C(N)CC(=O)OC(C)(C)C)cc1O. The van der Waals surface area contributed by atoms with Crippen LogP contribution in [0.2, 0.25) is 0 Å². The van der Waals surface area contributed by atoms with Gasteiger partial charge >= 0.3 is 5.97 Å². The number of phenols is 1. The first-order valence-electron chi connectivity index (χ1n) is 6.07. The van der Waals surface area contributed by atoms with Crippen molar-refractivity contribution in [2.75, 3.05) is 7.11 Å². The van der Waals surface area contributed by atoms with Crippen molar-refractivity contribution in [3.05, 3.63) is 23.8 Å². The maximum Gasteiger partial charge on any atom is 0.308 e. The highest BCUT2D eigenvalue weighted by Gasteiger charge is 2.20. The standard InChI is InChI=1S/C14H21NO4/c1-14(2,3)19-13(17)8-10(15)9-5-6-12(18-4)11(16)7-9/h5-7,10,16H,8,15H2,1-4H3. The number of nitrogens with two attached hydrogens (primary N) is 1. The lowest BCUT2D eigenvalue weighted by Gasteiger charge is -2.21. The smallest absolute Gasteiger partial charge is 0.308 e. The fourth-order valence-corrected chi connectivity index (χ4v) is 1.62. The highest BCUT2D eigenvalue weighted by molar-refractivity contribution is 5.71. The maximum atomic E-state index is 11.7. The van der Waals surface area contributed by atoms with Gasteiger partial charge in [-0.1, -0.05) is 6.07 Å². The molecule has 5 nitrogen and oxygen atoms in total. The molecule has 1 rings (SSSR count). The number of benzene rings is 1. The van der Waals surface area contributed by atoms with Crippen LogP contribution in [0.15, 0.2) is 18.2 Å². The monoisotopic (exact) mass is 267 g/mol. The van der Waals surface area contributed by atoms with Crippen LogP contribution in [0, 0.1) is 0 Å². The maximum absolute atomic E-state index is 11.7. The fraction of sp³-hybridized carbons (Fsp3) is 0.500. The predicted molar refractivity (Wildman–Crippen MR) is 72.0 cm³/mol. The molecule has 1 unspecified atom stereocenters. The van der Waals surface area contributed by atoms with Gasteiger partial charge in [-0.25, -0.2) is 0 Å². The van der Waals surface area contributed by atoms with E-state index in [4.69, 9.17) is 15.2 Å². The predicted octanol–water partition coefficient (Wildman–Crippen LogP) is 2.13. The van der Waals surface area contributed by atoms with Crippen molar-refractivity contribution in [1.29, 1.82) is 0 Å². The summed E-state index contributed by atoms with van der Waals surface area (Å²) in [5, 5.41) is 9.66. The number of phenolic OH excluding ortho intramolecular Hbond substituents is 1. The van der Waals surface area contributed by atoms with Crippen LogP contribution in [0.5, 0.6) is 11.5 Å². The lowest BCUT2D eigenvalue weighted by Crippen LogP contribution is -2.26. The van der Waals surface area contributed by atoms with Crippen molar-refractivity contribution in [1.82, 2.24) is 0 Å². The Balaban J connectivity index is 2.70. The summed E-state index contributed by atoms with van der Waals surface area (Å²) >= 11 is 0. The van der Waals surface area contributed by atoms with Gasteiger partial charge in [-0.2, -0.15) is 0 Å². The van der Waals surface area contributed by atoms with Gasteiger partial charge < -0.3 is 20.3 Å². The van der Waals surface area contributed by atoms with E-state index in [0.717, 1.165) is 0 Å². The third-order valence-electron chi connectivity index (χ3n) is 2.44. The van der Waals surface area contributed by atoms with Gasteiger partial charge in [0.15, 0.2) is 11.5 Å². The summed E-state index contributed by atoms with van der Waals surface area (Å²) in [6.07, 6.45) is 0.0586. The number of methoxy groups -OCH3 is 1. The Morgan fingerprint density at radius 3 is 2.53 bits per heavy atom. The lowest BCUT2D eigenvalue weighted by atomic mass is 10.0. The molecule has 1 aromatic rings. The largest absolute Gasteiger partial charge is 0.504 e. The summed E-state index contributed by atoms with van der Waals surface area (Å²) in [4.78, 5) is 11.7. The topological polar surface area (TPSA) is 81.8 Å². The van der Waals surface area contributed by atoms with E-state index in [2.05, 4.69) is 0 Å². The van der Waals surface area contributed by atoms with Gasteiger partial charge in [-0.05, 0) is 38.5 Å². The molecule has 0 aliphatic carbocycles. The van der Waals surface area contributed by atoms with Crippen LogP contribution < -0.4 is 10.5 Å². The van der Waals surface area contributed by atoms with Crippen LogP contribution in [0.3, 0.4) is 0 Å². The zero-order valence-electron chi connectivity index (χ0n) is 11.8. The molecule has 1 atom stereocenters. The Bertz CT molecular complexity index is 451. The minimum absolute atomic E-state index is 0.000335. The molecule has 19 heavy (non-hydrogen) atoms. The van der Waals surface area contributed by atoms with Gasteiger partial charge in [-0.15, -0.1) is 0 Å². The Morgan fingerprint density at radius 1 is 1.42 bits per heavy atom. The first kappa shape index (κ1) is 15.3. The number of rotatable bonds is 4. The van der Waals surface area contributed by atoms with Gasteiger partial charge in [0, 0.05) is 6.04 Å². The summed E-state index contributed by atoms with van der Waals surface area (Å²) in [6, 6.07) is 4.30. The Hall–Kier alpha value is -1.75. The van der Waals surface area contributed by atoms with Gasteiger partial charge in [0.05, 0.1) is 13.5 Å². The van der Waals surface area contributed by atoms with E-state index >= 15 is 0 Å². The first-order valence-corrected chi connectivity index (χ1v) is 6.07. The molecule has 0 heterocycles. The molecule has 0 spiro atoms. The van der Waals surface area contributed by atoms with Gasteiger partial charge in [0.2, 0.25) is 0 Å². The zero-order valence-corrected chi connectivity index (χ0v) is 11.8. The quantitative estimate of drug-likeness (QED) is 0.817. The third kappa shape index (κ3) is 4.79. The molecular formula is C14H21NO4. The Labute approximate surface area is 113 Å². The third-order valence-corrected chi connectivity index (χ3v) is 2.44. The molecule has 0 aliphatic heterocycles. The van der Waals surface area contributed by atoms with Crippen molar-refractivity contribution in [3.8, 4) is 11.5 Å². The van der Waals surface area contributed by atoms with Crippen molar-refractivity contribution in [2.24, 2.45) is 5.73 Å². The van der Waals surface area contributed by atoms with Crippen LogP contribution in [-0.4, -0.2) is 23.8 Å². The summed E-state index contributed by atoms with van der Waals surface area (Å²) in [6.45, 7) is 5.40. The molecule has 0 fully saturated rings. The summed E-state index contributed by atoms with van der Waals surface area (Å²) in [5.41, 5.74) is 6.05. The molecule has 0 saturated heterocycles. The second kappa shape index (κ2) is 5.93. The molecule has 0 amide bonds. The van der Waals surface area contributed by atoms with Crippen molar-refractivity contribution < 1.29 is 19.4 Å². The van der Waals surface area contributed by atoms with Crippen LogP contribution in [0.25, 0.3) is 0 Å². The number of carbonyl (C=O) groups is 1. The molecule has 5 heteroatoms. The number of hydrogen-bond acceptors (Lipinski definition) is 5. The van der Waals surface area contributed by atoms with E-state index in [9.17, 15) is 9.90 Å². The number of aromatic hydroxyl groups is 1. The van der Waals surface area contributed by atoms with E-state index in [1.165, 1.54) is 13.2 Å². The van der Waals surface area contributed by atoms with Gasteiger partial charge in [0.25, 0.3) is 0 Å². The number of esters is 1. The number of ether oxygens (including phenoxy) is 2. The fourth-order valence-electron chi connectivity index (χ4n) is 1.62. The Kier molecular flexibility index (Phi) is 4.78. The first-order chi connectivity index (χ1) is 8.73. The van der Waals surface area contributed by atoms with E-state index in [1.54, 1.807) is 32.9 Å². The molecule has 1 aromatic carbocycles. The molecule has 0 saturated carbocycles. The highest BCUT2D eigenvalue weighted by Crippen LogP contribution is 2.29. The molecule has 3 N–H and O–H groups in total. The molecule has 0 radical (unpaired) electrons. The van der Waals surface area contributed by atoms with Crippen LogP contribution >= 0.6 is 0 Å². The normalized spacial score (nSPS) is 12.9. The second-order valence-corrected chi connectivity index (χ2v) is 5.33. The lowest BCUT2D eigenvalue weighted by molar-refractivity contribution is -0.155. The van der Waals surface area contributed by atoms with Crippen molar-refractivity contribution >= 4 is 5.97 Å². The van der Waals surface area contributed by atoms with E-state index < -0.39 is 11.6 Å². The van der Waals surface area contributed by atoms with Crippen LogP contribution in [-0.2, 0) is 9.53 Å². The van der Waals surface area contributed by atoms with E-state index in [0.29, 0.717) is 11.3 Å².